The summed E-state index contributed by atoms with van der Waals surface area (Å²) in [6, 6.07) is 14.3. The van der Waals surface area contributed by atoms with Crippen LogP contribution in [0, 0.1) is 0 Å². The molecule has 2 heterocycles. The van der Waals surface area contributed by atoms with Crippen LogP contribution in [0.4, 0.5) is 11.6 Å². The number of rotatable bonds is 8. The molecule has 174 valence electrons. The van der Waals surface area contributed by atoms with Crippen molar-refractivity contribution in [2.45, 2.75) is 32.0 Å². The fraction of sp³-hybridized carbons (Fsp3) is 0.348. The Morgan fingerprint density at radius 1 is 1.06 bits per heavy atom. The van der Waals surface area contributed by atoms with E-state index in [2.05, 4.69) is 10.3 Å². The second kappa shape index (κ2) is 10.7. The maximum Gasteiger partial charge on any atom is 0.355 e. The lowest BCUT2D eigenvalue weighted by Gasteiger charge is -2.23. The van der Waals surface area contributed by atoms with E-state index in [0.717, 1.165) is 28.7 Å². The van der Waals surface area contributed by atoms with Gasteiger partial charge in [-0.2, -0.15) is 4.98 Å². The summed E-state index contributed by atoms with van der Waals surface area (Å²) in [5.41, 5.74) is 0.149. The number of anilines is 2. The van der Waals surface area contributed by atoms with Gasteiger partial charge in [-0.1, -0.05) is 23.7 Å². The number of aliphatic hydroxyl groups is 1. The summed E-state index contributed by atoms with van der Waals surface area (Å²) in [4.78, 5) is 29.5. The van der Waals surface area contributed by atoms with Gasteiger partial charge in [0.25, 0.3) is 0 Å². The van der Waals surface area contributed by atoms with Gasteiger partial charge in [-0.15, -0.1) is 0 Å². The Balaban J connectivity index is 1.59. The summed E-state index contributed by atoms with van der Waals surface area (Å²) in [5.74, 6) is 0.838. The second-order valence-electron chi connectivity index (χ2n) is 7.67. The molecular formula is C23H25ClN4O5. The number of aromatic nitrogens is 3. The van der Waals surface area contributed by atoms with Crippen LogP contribution in [0.1, 0.15) is 18.4 Å². The largest absolute Gasteiger partial charge is 0.490 e. The highest BCUT2D eigenvalue weighted by atomic mass is 35.5. The SMILES string of the molecule is O=c1nc(Nc2ccc(OC3CCOCC3)cc2)n(Cc2ccc(Cl)cc2)c(=O)n1CCO. The summed E-state index contributed by atoms with van der Waals surface area (Å²) >= 11 is 5.96. The lowest BCUT2D eigenvalue weighted by Crippen LogP contribution is -2.43. The number of aliphatic hydroxyl groups excluding tert-OH is 1. The van der Waals surface area contributed by atoms with E-state index in [4.69, 9.17) is 21.1 Å². The first-order chi connectivity index (χ1) is 16.0. The molecule has 33 heavy (non-hydrogen) atoms. The third-order valence-corrected chi connectivity index (χ3v) is 5.56. The zero-order valence-electron chi connectivity index (χ0n) is 17.9. The molecule has 3 aromatic rings. The van der Waals surface area contributed by atoms with Gasteiger partial charge in [0.1, 0.15) is 11.9 Å². The van der Waals surface area contributed by atoms with Gasteiger partial charge in [-0.05, 0) is 42.0 Å². The second-order valence-corrected chi connectivity index (χ2v) is 8.10. The molecule has 1 saturated heterocycles. The van der Waals surface area contributed by atoms with Gasteiger partial charge < -0.3 is 19.9 Å². The van der Waals surface area contributed by atoms with Gasteiger partial charge in [0, 0.05) is 23.6 Å². The van der Waals surface area contributed by atoms with Crippen LogP contribution < -0.4 is 21.4 Å². The van der Waals surface area contributed by atoms with E-state index < -0.39 is 11.4 Å². The fourth-order valence-electron chi connectivity index (χ4n) is 3.56. The Hall–Kier alpha value is -3.14. The van der Waals surface area contributed by atoms with Crippen LogP contribution in [0.25, 0.3) is 0 Å². The van der Waals surface area contributed by atoms with Gasteiger partial charge >= 0.3 is 11.4 Å². The van der Waals surface area contributed by atoms with E-state index >= 15 is 0 Å². The summed E-state index contributed by atoms with van der Waals surface area (Å²) in [7, 11) is 0. The van der Waals surface area contributed by atoms with Crippen molar-refractivity contribution in [3.05, 3.63) is 80.1 Å². The normalized spacial score (nSPS) is 14.2. The molecule has 2 N–H and O–H groups in total. The van der Waals surface area contributed by atoms with Gasteiger partial charge in [0.05, 0.1) is 32.9 Å². The van der Waals surface area contributed by atoms with Gasteiger partial charge in [0.15, 0.2) is 0 Å². The van der Waals surface area contributed by atoms with Crippen LogP contribution in [-0.2, 0) is 17.8 Å². The predicted molar refractivity (Wildman–Crippen MR) is 125 cm³/mol. The van der Waals surface area contributed by atoms with Gasteiger partial charge in [0.2, 0.25) is 5.95 Å². The van der Waals surface area contributed by atoms with Crippen molar-refractivity contribution in [3.8, 4) is 5.75 Å². The molecule has 0 atom stereocenters. The Labute approximate surface area is 195 Å². The minimum atomic E-state index is -0.733. The molecule has 10 heteroatoms. The first-order valence-corrected chi connectivity index (χ1v) is 11.1. The molecule has 1 aromatic heterocycles. The zero-order chi connectivity index (χ0) is 23.2. The van der Waals surface area contributed by atoms with Crippen molar-refractivity contribution in [1.29, 1.82) is 0 Å². The number of nitrogens with one attached hydrogen (secondary N) is 1. The summed E-state index contributed by atoms with van der Waals surface area (Å²) in [6.45, 7) is 1.08. The monoisotopic (exact) mass is 472 g/mol. The van der Waals surface area contributed by atoms with E-state index in [1.54, 1.807) is 36.4 Å². The number of halogens is 1. The van der Waals surface area contributed by atoms with Crippen molar-refractivity contribution < 1.29 is 14.6 Å². The van der Waals surface area contributed by atoms with Gasteiger partial charge in [-0.25, -0.2) is 14.2 Å². The number of benzene rings is 2. The van der Waals surface area contributed by atoms with Crippen LogP contribution >= 0.6 is 11.6 Å². The lowest BCUT2D eigenvalue weighted by molar-refractivity contribution is 0.0256. The third kappa shape index (κ3) is 5.81. The number of hydrogen-bond donors (Lipinski definition) is 2. The first kappa shape index (κ1) is 23.0. The fourth-order valence-corrected chi connectivity index (χ4v) is 3.69. The minimum absolute atomic E-state index is 0.104. The molecule has 0 spiro atoms. The molecule has 1 fully saturated rings. The highest BCUT2D eigenvalue weighted by molar-refractivity contribution is 6.30. The van der Waals surface area contributed by atoms with E-state index in [-0.39, 0.29) is 31.7 Å². The van der Waals surface area contributed by atoms with Crippen molar-refractivity contribution in [1.82, 2.24) is 14.1 Å². The van der Waals surface area contributed by atoms with E-state index in [1.165, 1.54) is 4.57 Å². The molecule has 0 radical (unpaired) electrons. The molecule has 0 saturated carbocycles. The van der Waals surface area contributed by atoms with Crippen LogP contribution in [0.15, 0.2) is 58.1 Å². The van der Waals surface area contributed by atoms with Crippen molar-refractivity contribution in [2.75, 3.05) is 25.1 Å². The molecule has 2 aromatic carbocycles. The van der Waals surface area contributed by atoms with Gasteiger partial charge in [-0.3, -0.25) is 4.57 Å². The maximum absolute atomic E-state index is 13.0. The number of ether oxygens (including phenoxy) is 2. The molecular weight excluding hydrogens is 448 g/mol. The molecule has 0 aliphatic carbocycles. The topological polar surface area (TPSA) is 108 Å². The zero-order valence-corrected chi connectivity index (χ0v) is 18.7. The number of hydrogen-bond acceptors (Lipinski definition) is 7. The predicted octanol–water partition coefficient (Wildman–Crippen LogP) is 2.40. The third-order valence-electron chi connectivity index (χ3n) is 5.31. The van der Waals surface area contributed by atoms with Crippen molar-refractivity contribution >= 4 is 23.2 Å². The molecule has 1 aliphatic heterocycles. The quantitative estimate of drug-likeness (QED) is 0.518. The standard InChI is InChI=1S/C23H25ClN4O5/c24-17-3-1-16(2-4-17)15-28-21(26-22(30)27(11-12-29)23(28)31)25-18-5-7-19(8-6-18)33-20-9-13-32-14-10-20/h1-8,20,29H,9-15H2,(H,25,26,30). The lowest BCUT2D eigenvalue weighted by atomic mass is 10.1. The van der Waals surface area contributed by atoms with Crippen molar-refractivity contribution in [2.24, 2.45) is 0 Å². The smallest absolute Gasteiger partial charge is 0.355 e. The summed E-state index contributed by atoms with van der Waals surface area (Å²) < 4.78 is 13.6. The molecule has 0 unspecified atom stereocenters. The number of nitrogens with zero attached hydrogens (tertiary/aromatic N) is 3. The van der Waals surface area contributed by atoms with Crippen LogP contribution in [0.2, 0.25) is 5.02 Å². The molecule has 0 amide bonds. The maximum atomic E-state index is 13.0. The summed E-state index contributed by atoms with van der Waals surface area (Å²) in [5, 5.41) is 12.9. The average molecular weight is 473 g/mol. The molecule has 0 bridgehead atoms. The minimum Gasteiger partial charge on any atom is -0.490 e. The van der Waals surface area contributed by atoms with E-state index in [1.807, 2.05) is 12.1 Å². The average Bonchev–Trinajstić information content (AvgIpc) is 2.82. The van der Waals surface area contributed by atoms with Crippen LogP contribution in [0.5, 0.6) is 5.75 Å². The molecule has 9 nitrogen and oxygen atoms in total. The van der Waals surface area contributed by atoms with Crippen molar-refractivity contribution in [3.63, 3.8) is 0 Å². The Morgan fingerprint density at radius 3 is 2.42 bits per heavy atom. The van der Waals surface area contributed by atoms with Crippen LogP contribution in [-0.4, -0.2) is 45.1 Å². The molecule has 1 aliphatic rings. The summed E-state index contributed by atoms with van der Waals surface area (Å²) in [6.07, 6.45) is 1.83. The molecule has 4 rings (SSSR count). The van der Waals surface area contributed by atoms with Crippen LogP contribution in [0.3, 0.4) is 0 Å². The highest BCUT2D eigenvalue weighted by Gasteiger charge is 2.16. The first-order valence-electron chi connectivity index (χ1n) is 10.7. The Morgan fingerprint density at radius 2 is 1.76 bits per heavy atom. The Bertz CT molecular complexity index is 1190. The Kier molecular flexibility index (Phi) is 7.43. The van der Waals surface area contributed by atoms with E-state index in [0.29, 0.717) is 23.9 Å². The van der Waals surface area contributed by atoms with E-state index in [9.17, 15) is 14.7 Å². The highest BCUT2D eigenvalue weighted by Crippen LogP contribution is 2.22.